The van der Waals surface area contributed by atoms with Crippen LogP contribution >= 0.6 is 11.8 Å². The second-order valence-electron chi connectivity index (χ2n) is 6.97. The van der Waals surface area contributed by atoms with Crippen molar-refractivity contribution in [2.75, 3.05) is 0 Å². The Balaban J connectivity index is 1.85. The number of hydrogen-bond donors (Lipinski definition) is 0. The Hall–Kier alpha value is -2.84. The third-order valence-electron chi connectivity index (χ3n) is 4.76. The molecule has 0 aromatic heterocycles. The first-order valence-electron chi connectivity index (χ1n) is 10.1. The van der Waals surface area contributed by atoms with E-state index in [9.17, 15) is 4.79 Å². The van der Waals surface area contributed by atoms with Gasteiger partial charge in [0.1, 0.15) is 0 Å². The van der Waals surface area contributed by atoms with Crippen LogP contribution in [0, 0.1) is 0 Å². The molecular weight excluding hydrogens is 463 g/mol. The summed E-state index contributed by atoms with van der Waals surface area (Å²) in [6.07, 6.45) is 0. The molecule has 0 saturated carbocycles. The van der Waals surface area contributed by atoms with E-state index in [1.165, 1.54) is 19.4 Å². The van der Waals surface area contributed by atoms with Crippen molar-refractivity contribution < 1.29 is 4.79 Å². The zero-order valence-electron chi connectivity index (χ0n) is 17.3. The number of hydrogen-bond acceptors (Lipinski definition) is 2. The van der Waals surface area contributed by atoms with Crippen LogP contribution in [0.1, 0.15) is 22.8 Å². The summed E-state index contributed by atoms with van der Waals surface area (Å²) in [5, 5.41) is 0. The number of carbonyl (C=O) groups excluding carboxylic acids is 1. The molecule has 0 amide bonds. The third kappa shape index (κ3) is 5.45. The molecule has 0 heterocycles. The van der Waals surface area contributed by atoms with Gasteiger partial charge in [0.15, 0.2) is 0 Å². The quantitative estimate of drug-likeness (QED) is 0.185. The minimum atomic E-state index is -1.45. The molecule has 1 nitrogen and oxygen atoms in total. The van der Waals surface area contributed by atoms with Gasteiger partial charge in [0.2, 0.25) is 0 Å². The molecule has 152 valence electrons. The van der Waals surface area contributed by atoms with Crippen molar-refractivity contribution >= 4 is 45.3 Å². The van der Waals surface area contributed by atoms with Crippen LogP contribution in [-0.4, -0.2) is 19.7 Å². The van der Waals surface area contributed by atoms with Crippen LogP contribution < -0.4 is 8.92 Å². The van der Waals surface area contributed by atoms with Crippen LogP contribution in [0.3, 0.4) is 0 Å². The number of thioether (sulfide) groups is 1. The van der Waals surface area contributed by atoms with Crippen molar-refractivity contribution in [2.24, 2.45) is 0 Å². The fourth-order valence-electron chi connectivity index (χ4n) is 3.23. The second kappa shape index (κ2) is 10.5. The molecule has 4 aromatic rings. The van der Waals surface area contributed by atoms with Crippen LogP contribution in [0.4, 0.5) is 0 Å². The first kappa shape index (κ1) is 21.4. The van der Waals surface area contributed by atoms with Gasteiger partial charge in [-0.15, -0.1) is 0 Å². The topological polar surface area (TPSA) is 17.1 Å². The Kier molecular flexibility index (Phi) is 7.22. The average Bonchev–Trinajstić information content (AvgIpc) is 2.83. The zero-order valence-corrected chi connectivity index (χ0v) is 19.8. The van der Waals surface area contributed by atoms with Crippen molar-refractivity contribution in [1.29, 1.82) is 0 Å². The molecule has 0 bridgehead atoms. The fraction of sp³-hybridized carbons (Fsp3) is 0.0357. The zero-order chi connectivity index (χ0) is 21.5. The van der Waals surface area contributed by atoms with Gasteiger partial charge in [0.25, 0.3) is 0 Å². The van der Waals surface area contributed by atoms with E-state index in [0.717, 1.165) is 10.5 Å². The van der Waals surface area contributed by atoms with Crippen molar-refractivity contribution in [3.63, 3.8) is 0 Å². The minimum absolute atomic E-state index is 0.0919. The van der Waals surface area contributed by atoms with Crippen LogP contribution in [0.15, 0.2) is 125 Å². The van der Waals surface area contributed by atoms with Crippen molar-refractivity contribution in [1.82, 2.24) is 0 Å². The molecule has 4 rings (SSSR count). The first-order valence-corrected chi connectivity index (χ1v) is 13.6. The van der Waals surface area contributed by atoms with Gasteiger partial charge in [0.05, 0.1) is 0 Å². The van der Waals surface area contributed by atoms with Gasteiger partial charge in [-0.3, -0.25) is 0 Å². The number of Topliss-reactive ketones (excluding diaryl/α,β-unsaturated/α-hetero) is 1. The summed E-state index contributed by atoms with van der Waals surface area (Å²) in [4.78, 5) is 16.9. The Bertz CT molecular complexity index is 1130. The van der Waals surface area contributed by atoms with Gasteiger partial charge in [-0.1, -0.05) is 0 Å². The second-order valence-corrected chi connectivity index (χ2v) is 11.9. The number of rotatable bonds is 7. The third-order valence-corrected chi connectivity index (χ3v) is 10.5. The van der Waals surface area contributed by atoms with Gasteiger partial charge in [0, 0.05) is 0 Å². The Morgan fingerprint density at radius 2 is 1.16 bits per heavy atom. The normalized spacial score (nSPS) is 11.5. The Morgan fingerprint density at radius 1 is 0.677 bits per heavy atom. The number of benzene rings is 4. The average molecular weight is 487 g/mol. The SMILES string of the molecule is CC(=O)c1ccccc1S/C(=C\[Se+](c1ccccc1)c1ccccc1)c1ccccc1. The van der Waals surface area contributed by atoms with Crippen LogP contribution in [0.5, 0.6) is 0 Å². The van der Waals surface area contributed by atoms with Gasteiger partial charge in [-0.05, 0) is 0 Å². The van der Waals surface area contributed by atoms with Crippen LogP contribution in [0.2, 0.25) is 0 Å². The van der Waals surface area contributed by atoms with Crippen molar-refractivity contribution in [2.45, 2.75) is 11.8 Å². The summed E-state index contributed by atoms with van der Waals surface area (Å²) in [6, 6.07) is 39.9. The van der Waals surface area contributed by atoms with Gasteiger partial charge in [-0.2, -0.15) is 0 Å². The molecule has 4 aromatic carbocycles. The molecule has 0 aliphatic heterocycles. The summed E-state index contributed by atoms with van der Waals surface area (Å²) >= 11 is 0.232. The van der Waals surface area contributed by atoms with E-state index in [1.54, 1.807) is 18.7 Å². The molecule has 0 aliphatic carbocycles. The molecule has 0 spiro atoms. The van der Waals surface area contributed by atoms with E-state index >= 15 is 0 Å². The molecule has 0 saturated heterocycles. The van der Waals surface area contributed by atoms with Crippen molar-refractivity contribution in [3.8, 4) is 0 Å². The Labute approximate surface area is 192 Å². The molecule has 0 unspecified atom stereocenters. The van der Waals surface area contributed by atoms with Crippen LogP contribution in [-0.2, 0) is 0 Å². The standard InChI is InChI=1S/C28H23OSSe/c1-22(29)26-19-11-12-20-27(26)30-28(23-13-5-2-6-14-23)21-31(24-15-7-3-8-16-24)25-17-9-4-10-18-25/h2-21H,1H3/q+1/b28-21-. The molecule has 0 N–H and O–H groups in total. The van der Waals surface area contributed by atoms with E-state index in [2.05, 4.69) is 89.9 Å². The van der Waals surface area contributed by atoms with Gasteiger partial charge in [-0.25, -0.2) is 0 Å². The molecule has 3 heteroatoms. The molecule has 31 heavy (non-hydrogen) atoms. The monoisotopic (exact) mass is 487 g/mol. The fourth-order valence-corrected chi connectivity index (χ4v) is 8.81. The maximum absolute atomic E-state index is 12.2. The van der Waals surface area contributed by atoms with Crippen LogP contribution in [0.25, 0.3) is 4.91 Å². The van der Waals surface area contributed by atoms with E-state index in [0.29, 0.717) is 0 Å². The molecule has 0 atom stereocenters. The number of ketones is 1. The predicted octanol–water partition coefficient (Wildman–Crippen LogP) is 5.87. The van der Waals surface area contributed by atoms with E-state index < -0.39 is 13.9 Å². The summed E-state index contributed by atoms with van der Waals surface area (Å²) < 4.78 is 2.73. The van der Waals surface area contributed by atoms with Gasteiger partial charge >= 0.3 is 193 Å². The summed E-state index contributed by atoms with van der Waals surface area (Å²) in [5.74, 6) is 0.0919. The van der Waals surface area contributed by atoms with Gasteiger partial charge < -0.3 is 0 Å². The molecular formula is C28H23OSSe+. The molecule has 0 fully saturated rings. The summed E-state index contributed by atoms with van der Waals surface area (Å²) in [6.45, 7) is 1.63. The predicted molar refractivity (Wildman–Crippen MR) is 135 cm³/mol. The molecule has 0 radical (unpaired) electrons. The van der Waals surface area contributed by atoms with E-state index in [1.807, 2.05) is 30.3 Å². The maximum atomic E-state index is 12.2. The Morgan fingerprint density at radius 3 is 1.71 bits per heavy atom. The number of carbonyl (C=O) groups is 1. The summed E-state index contributed by atoms with van der Waals surface area (Å²) in [5.41, 5.74) is 1.94. The van der Waals surface area contributed by atoms with E-state index in [4.69, 9.17) is 0 Å². The summed E-state index contributed by atoms with van der Waals surface area (Å²) in [7, 11) is 0. The van der Waals surface area contributed by atoms with Crippen molar-refractivity contribution in [3.05, 3.63) is 131 Å². The molecule has 0 aliphatic rings. The van der Waals surface area contributed by atoms with E-state index in [-0.39, 0.29) is 5.78 Å². The first-order chi connectivity index (χ1) is 15.2.